The summed E-state index contributed by atoms with van der Waals surface area (Å²) in [5.41, 5.74) is 0.859. The Morgan fingerprint density at radius 2 is 1.78 bits per heavy atom. The van der Waals surface area contributed by atoms with E-state index < -0.39 is 6.10 Å². The summed E-state index contributed by atoms with van der Waals surface area (Å²) in [6, 6.07) is 10.0. The van der Waals surface area contributed by atoms with Crippen molar-refractivity contribution in [1.82, 2.24) is 0 Å². The van der Waals surface area contributed by atoms with Gasteiger partial charge >= 0.3 is 0 Å². The summed E-state index contributed by atoms with van der Waals surface area (Å²) in [4.78, 5) is 12.8. The van der Waals surface area contributed by atoms with Crippen LogP contribution in [-0.2, 0) is 11.2 Å². The maximum atomic E-state index is 12.8. The second-order valence-electron chi connectivity index (χ2n) is 8.64. The number of unbranched alkanes of at least 4 members (excludes halogenated alkanes) is 4. The highest BCUT2D eigenvalue weighted by Gasteiger charge is 2.45. The van der Waals surface area contributed by atoms with E-state index in [0.717, 1.165) is 50.5 Å². The fourth-order valence-electron chi connectivity index (χ4n) is 4.28. The van der Waals surface area contributed by atoms with E-state index in [4.69, 9.17) is 5.11 Å². The smallest absolute Gasteiger partial charge is 0.142 e. The van der Waals surface area contributed by atoms with Gasteiger partial charge in [0.25, 0.3) is 0 Å². The zero-order chi connectivity index (χ0) is 19.7. The average Bonchev–Trinajstić information content (AvgIpc) is 2.86. The van der Waals surface area contributed by atoms with E-state index >= 15 is 0 Å². The van der Waals surface area contributed by atoms with Gasteiger partial charge in [0.15, 0.2) is 0 Å². The molecular formula is C24H36O3. The Balaban J connectivity index is 1.88. The molecule has 0 bridgehead atoms. The molecule has 0 radical (unpaired) electrons. The molecule has 0 aromatic heterocycles. The predicted molar refractivity (Wildman–Crippen MR) is 110 cm³/mol. The van der Waals surface area contributed by atoms with Crippen LogP contribution in [0.1, 0.15) is 64.4 Å². The Kier molecular flexibility index (Phi) is 8.72. The van der Waals surface area contributed by atoms with E-state index in [2.05, 4.69) is 19.9 Å². The predicted octanol–water partition coefficient (Wildman–Crippen LogP) is 4.71. The highest BCUT2D eigenvalue weighted by molar-refractivity contribution is 5.89. The van der Waals surface area contributed by atoms with Crippen molar-refractivity contribution in [3.05, 3.63) is 48.0 Å². The molecule has 1 aromatic carbocycles. The lowest BCUT2D eigenvalue weighted by atomic mass is 9.87. The molecule has 27 heavy (non-hydrogen) atoms. The maximum Gasteiger partial charge on any atom is 0.142 e. The van der Waals surface area contributed by atoms with Crippen molar-refractivity contribution in [3.63, 3.8) is 0 Å². The summed E-state index contributed by atoms with van der Waals surface area (Å²) in [7, 11) is 0. The Bertz CT molecular complexity index is 591. The molecule has 1 aliphatic carbocycles. The van der Waals surface area contributed by atoms with Crippen LogP contribution in [0.2, 0.25) is 0 Å². The number of carbonyl (C=O) groups excluding carboxylic acids is 1. The molecule has 0 heterocycles. The SMILES string of the molecule is CC1(C)C[C@H](/C=C/C(O)Cc2ccccc2)[C@@H](CCCCCCCO)C1=O. The van der Waals surface area contributed by atoms with E-state index in [-0.39, 0.29) is 23.9 Å². The summed E-state index contributed by atoms with van der Waals surface area (Å²) in [6.07, 6.45) is 11.1. The Labute approximate surface area is 164 Å². The number of aliphatic hydroxyl groups excluding tert-OH is 2. The number of carbonyl (C=O) groups is 1. The summed E-state index contributed by atoms with van der Waals surface area (Å²) in [5, 5.41) is 19.2. The number of allylic oxidation sites excluding steroid dienone is 1. The third-order valence-electron chi connectivity index (χ3n) is 5.81. The minimum absolute atomic E-state index is 0.0815. The van der Waals surface area contributed by atoms with Crippen LogP contribution in [-0.4, -0.2) is 28.7 Å². The van der Waals surface area contributed by atoms with E-state index in [0.29, 0.717) is 12.2 Å². The van der Waals surface area contributed by atoms with Gasteiger partial charge in [-0.15, -0.1) is 0 Å². The van der Waals surface area contributed by atoms with Crippen molar-refractivity contribution < 1.29 is 15.0 Å². The van der Waals surface area contributed by atoms with Crippen molar-refractivity contribution in [2.45, 2.75) is 71.3 Å². The number of Topliss-reactive ketones (excluding diaryl/α,β-unsaturated/α-hetero) is 1. The average molecular weight is 373 g/mol. The zero-order valence-electron chi connectivity index (χ0n) is 16.9. The molecule has 1 unspecified atom stereocenters. The summed E-state index contributed by atoms with van der Waals surface area (Å²) in [6.45, 7) is 4.38. The second-order valence-corrected chi connectivity index (χ2v) is 8.64. The van der Waals surface area contributed by atoms with Gasteiger partial charge in [-0.25, -0.2) is 0 Å². The van der Waals surface area contributed by atoms with Crippen molar-refractivity contribution in [2.24, 2.45) is 17.3 Å². The molecular weight excluding hydrogens is 336 g/mol. The van der Waals surface area contributed by atoms with Crippen LogP contribution < -0.4 is 0 Å². The first-order valence-electron chi connectivity index (χ1n) is 10.5. The van der Waals surface area contributed by atoms with Gasteiger partial charge in [0, 0.05) is 24.4 Å². The number of aliphatic hydroxyl groups is 2. The van der Waals surface area contributed by atoms with Gasteiger partial charge in [-0.2, -0.15) is 0 Å². The van der Waals surface area contributed by atoms with Crippen molar-refractivity contribution in [2.75, 3.05) is 6.61 Å². The number of rotatable bonds is 11. The summed E-state index contributed by atoms with van der Waals surface area (Å²) in [5.74, 6) is 0.693. The molecule has 1 fully saturated rings. The van der Waals surface area contributed by atoms with E-state index in [9.17, 15) is 9.90 Å². The first-order valence-corrected chi connectivity index (χ1v) is 10.5. The molecule has 3 atom stereocenters. The number of hydrogen-bond acceptors (Lipinski definition) is 3. The number of hydrogen-bond donors (Lipinski definition) is 2. The van der Waals surface area contributed by atoms with Crippen molar-refractivity contribution >= 4 is 5.78 Å². The van der Waals surface area contributed by atoms with Crippen molar-refractivity contribution in [1.29, 1.82) is 0 Å². The summed E-state index contributed by atoms with van der Waals surface area (Å²) < 4.78 is 0. The first kappa shape index (κ1) is 21.8. The monoisotopic (exact) mass is 372 g/mol. The second kappa shape index (κ2) is 10.8. The molecule has 3 heteroatoms. The first-order chi connectivity index (χ1) is 12.9. The lowest BCUT2D eigenvalue weighted by molar-refractivity contribution is -0.127. The third-order valence-corrected chi connectivity index (χ3v) is 5.81. The molecule has 0 amide bonds. The van der Waals surface area contributed by atoms with Crippen LogP contribution >= 0.6 is 0 Å². The van der Waals surface area contributed by atoms with Crippen LogP contribution in [0, 0.1) is 17.3 Å². The lowest BCUT2D eigenvalue weighted by Crippen LogP contribution is -2.22. The molecule has 1 aromatic rings. The zero-order valence-corrected chi connectivity index (χ0v) is 16.9. The molecule has 150 valence electrons. The van der Waals surface area contributed by atoms with E-state index in [1.54, 1.807) is 0 Å². The van der Waals surface area contributed by atoms with Gasteiger partial charge in [0.2, 0.25) is 0 Å². The van der Waals surface area contributed by atoms with Gasteiger partial charge < -0.3 is 10.2 Å². The molecule has 0 saturated heterocycles. The number of benzene rings is 1. The highest BCUT2D eigenvalue weighted by Crippen LogP contribution is 2.44. The van der Waals surface area contributed by atoms with Crippen molar-refractivity contribution in [3.8, 4) is 0 Å². The van der Waals surface area contributed by atoms with Gasteiger partial charge in [-0.3, -0.25) is 4.79 Å². The topological polar surface area (TPSA) is 57.5 Å². The minimum Gasteiger partial charge on any atom is -0.396 e. The van der Waals surface area contributed by atoms with Crippen LogP contribution in [0.3, 0.4) is 0 Å². The normalized spacial score (nSPS) is 23.2. The number of ketones is 1. The quantitative estimate of drug-likeness (QED) is 0.437. The molecule has 2 rings (SSSR count). The lowest BCUT2D eigenvalue weighted by Gasteiger charge is -2.16. The van der Waals surface area contributed by atoms with Gasteiger partial charge in [-0.05, 0) is 30.7 Å². The highest BCUT2D eigenvalue weighted by atomic mass is 16.3. The van der Waals surface area contributed by atoms with Gasteiger partial charge in [-0.1, -0.05) is 82.0 Å². The fraction of sp³-hybridized carbons (Fsp3) is 0.625. The van der Waals surface area contributed by atoms with Gasteiger partial charge in [0.05, 0.1) is 6.10 Å². The van der Waals surface area contributed by atoms with Crippen LogP contribution in [0.25, 0.3) is 0 Å². The Morgan fingerprint density at radius 1 is 1.11 bits per heavy atom. The standard InChI is InChI=1S/C24H36O3/c1-24(2)18-20(14-15-21(26)17-19-11-7-6-8-12-19)22(23(24)27)13-9-4-3-5-10-16-25/h6-8,11-12,14-15,20-22,25-26H,3-5,9-10,13,16-18H2,1-2H3/b15-14+/t20-,21?,22+/m0/s1. The minimum atomic E-state index is -0.509. The van der Waals surface area contributed by atoms with E-state index in [1.807, 2.05) is 36.4 Å². The molecule has 0 spiro atoms. The fourth-order valence-corrected chi connectivity index (χ4v) is 4.28. The molecule has 3 nitrogen and oxygen atoms in total. The Morgan fingerprint density at radius 3 is 2.48 bits per heavy atom. The molecule has 1 saturated carbocycles. The van der Waals surface area contributed by atoms with E-state index in [1.165, 1.54) is 0 Å². The Hall–Kier alpha value is -1.45. The third kappa shape index (κ3) is 6.90. The molecule has 1 aliphatic rings. The van der Waals surface area contributed by atoms with Crippen LogP contribution in [0.5, 0.6) is 0 Å². The molecule has 2 N–H and O–H groups in total. The molecule has 0 aliphatic heterocycles. The van der Waals surface area contributed by atoms with Crippen LogP contribution in [0.4, 0.5) is 0 Å². The maximum absolute atomic E-state index is 12.8. The largest absolute Gasteiger partial charge is 0.396 e. The van der Waals surface area contributed by atoms with Crippen LogP contribution in [0.15, 0.2) is 42.5 Å². The summed E-state index contributed by atoms with van der Waals surface area (Å²) >= 11 is 0. The van der Waals surface area contributed by atoms with Gasteiger partial charge in [0.1, 0.15) is 5.78 Å².